The molecule has 1 aromatic carbocycles. The molecule has 0 bridgehead atoms. The average molecular weight is 335 g/mol. The first-order chi connectivity index (χ1) is 11.7. The van der Waals surface area contributed by atoms with Gasteiger partial charge in [-0.05, 0) is 38.1 Å². The van der Waals surface area contributed by atoms with Crippen LogP contribution in [0.1, 0.15) is 24.8 Å². The van der Waals surface area contributed by atoms with Crippen LogP contribution in [-0.4, -0.2) is 58.0 Å². The molecular weight excluding hydrogens is 310 g/mol. The van der Waals surface area contributed by atoms with Crippen molar-refractivity contribution in [2.24, 2.45) is 5.10 Å². The Kier molecular flexibility index (Phi) is 6.87. The SMILES string of the molecule is COc1cc(/C=N/NC(=O)CN2CCCCC2)cc(OC)c1OC. The molecule has 1 saturated heterocycles. The predicted molar refractivity (Wildman–Crippen MR) is 92.1 cm³/mol. The van der Waals surface area contributed by atoms with Crippen LogP contribution in [0.5, 0.6) is 17.2 Å². The number of likely N-dealkylation sites (tertiary alicyclic amines) is 1. The second-order valence-corrected chi connectivity index (χ2v) is 5.59. The third kappa shape index (κ3) is 4.86. The number of ether oxygens (including phenoxy) is 3. The van der Waals surface area contributed by atoms with E-state index in [-0.39, 0.29) is 5.91 Å². The van der Waals surface area contributed by atoms with Gasteiger partial charge in [0, 0.05) is 5.56 Å². The normalized spacial score (nSPS) is 15.3. The number of nitrogens with zero attached hydrogens (tertiary/aromatic N) is 2. The standard InChI is InChI=1S/C17H25N3O4/c1-22-14-9-13(10-15(23-2)17(14)24-3)11-18-19-16(21)12-20-7-5-4-6-8-20/h9-11H,4-8,12H2,1-3H3,(H,19,21)/b18-11+. The van der Waals surface area contributed by atoms with Crippen LogP contribution in [0.2, 0.25) is 0 Å². The summed E-state index contributed by atoms with van der Waals surface area (Å²) in [6, 6.07) is 3.53. The monoisotopic (exact) mass is 335 g/mol. The van der Waals surface area contributed by atoms with E-state index < -0.39 is 0 Å². The summed E-state index contributed by atoms with van der Waals surface area (Å²) in [4.78, 5) is 14.1. The van der Waals surface area contributed by atoms with Crippen molar-refractivity contribution in [2.45, 2.75) is 19.3 Å². The highest BCUT2D eigenvalue weighted by atomic mass is 16.5. The number of hydrogen-bond acceptors (Lipinski definition) is 6. The number of rotatable bonds is 7. The lowest BCUT2D eigenvalue weighted by Gasteiger charge is -2.25. The van der Waals surface area contributed by atoms with E-state index >= 15 is 0 Å². The minimum atomic E-state index is -0.111. The van der Waals surface area contributed by atoms with Gasteiger partial charge in [-0.1, -0.05) is 6.42 Å². The topological polar surface area (TPSA) is 72.4 Å². The van der Waals surface area contributed by atoms with Crippen LogP contribution in [-0.2, 0) is 4.79 Å². The Morgan fingerprint density at radius 1 is 1.12 bits per heavy atom. The molecule has 0 aliphatic carbocycles. The number of hydrogen-bond donors (Lipinski definition) is 1. The Bertz CT molecular complexity index is 558. The summed E-state index contributed by atoms with van der Waals surface area (Å²) in [6.07, 6.45) is 5.11. The number of carbonyl (C=O) groups is 1. The van der Waals surface area contributed by atoms with Crippen molar-refractivity contribution in [1.82, 2.24) is 10.3 Å². The zero-order valence-corrected chi connectivity index (χ0v) is 14.5. The molecule has 0 aromatic heterocycles. The minimum absolute atomic E-state index is 0.111. The molecule has 1 N–H and O–H groups in total. The summed E-state index contributed by atoms with van der Waals surface area (Å²) in [5.74, 6) is 1.49. The fourth-order valence-corrected chi connectivity index (χ4v) is 2.71. The van der Waals surface area contributed by atoms with Gasteiger partial charge in [0.1, 0.15) is 0 Å². The zero-order chi connectivity index (χ0) is 17.4. The first-order valence-electron chi connectivity index (χ1n) is 8.02. The maximum absolute atomic E-state index is 11.9. The molecule has 2 rings (SSSR count). The highest BCUT2D eigenvalue weighted by molar-refractivity contribution is 5.84. The molecule has 0 spiro atoms. The number of benzene rings is 1. The van der Waals surface area contributed by atoms with Gasteiger partial charge in [-0.25, -0.2) is 5.43 Å². The van der Waals surface area contributed by atoms with Crippen molar-refractivity contribution in [3.05, 3.63) is 17.7 Å². The van der Waals surface area contributed by atoms with E-state index in [1.807, 2.05) is 0 Å². The maximum atomic E-state index is 11.9. The molecule has 1 amide bonds. The number of piperidine rings is 1. The Morgan fingerprint density at radius 2 is 1.75 bits per heavy atom. The molecule has 1 aliphatic heterocycles. The quantitative estimate of drug-likeness (QED) is 0.606. The van der Waals surface area contributed by atoms with Gasteiger partial charge in [-0.2, -0.15) is 5.10 Å². The molecule has 1 aliphatic rings. The van der Waals surface area contributed by atoms with Gasteiger partial charge in [-0.3, -0.25) is 9.69 Å². The fourth-order valence-electron chi connectivity index (χ4n) is 2.71. The van der Waals surface area contributed by atoms with Crippen molar-refractivity contribution in [3.8, 4) is 17.2 Å². The third-order valence-electron chi connectivity index (χ3n) is 3.91. The van der Waals surface area contributed by atoms with E-state index in [4.69, 9.17) is 14.2 Å². The van der Waals surface area contributed by atoms with Crippen molar-refractivity contribution in [1.29, 1.82) is 0 Å². The molecule has 0 radical (unpaired) electrons. The van der Waals surface area contributed by atoms with E-state index in [2.05, 4.69) is 15.4 Å². The van der Waals surface area contributed by atoms with Gasteiger partial charge < -0.3 is 14.2 Å². The molecule has 7 heteroatoms. The van der Waals surface area contributed by atoms with Crippen LogP contribution in [0.3, 0.4) is 0 Å². The molecule has 0 unspecified atom stereocenters. The van der Waals surface area contributed by atoms with Gasteiger partial charge in [0.05, 0.1) is 34.1 Å². The summed E-state index contributed by atoms with van der Waals surface area (Å²) in [5, 5.41) is 4.01. The van der Waals surface area contributed by atoms with Gasteiger partial charge in [-0.15, -0.1) is 0 Å². The third-order valence-corrected chi connectivity index (χ3v) is 3.91. The maximum Gasteiger partial charge on any atom is 0.254 e. The number of amides is 1. The summed E-state index contributed by atoms with van der Waals surface area (Å²) in [6.45, 7) is 2.33. The number of carbonyl (C=O) groups excluding carboxylic acids is 1. The van der Waals surface area contributed by atoms with E-state index in [1.54, 1.807) is 39.7 Å². The first-order valence-corrected chi connectivity index (χ1v) is 8.02. The number of hydrazone groups is 1. The Hall–Kier alpha value is -2.28. The van der Waals surface area contributed by atoms with Gasteiger partial charge in [0.25, 0.3) is 5.91 Å². The van der Waals surface area contributed by atoms with Crippen LogP contribution < -0.4 is 19.6 Å². The Morgan fingerprint density at radius 3 is 2.29 bits per heavy atom. The highest BCUT2D eigenvalue weighted by Crippen LogP contribution is 2.37. The van der Waals surface area contributed by atoms with Crippen molar-refractivity contribution in [3.63, 3.8) is 0 Å². The molecule has 1 heterocycles. The van der Waals surface area contributed by atoms with Gasteiger partial charge in [0.2, 0.25) is 5.75 Å². The highest BCUT2D eigenvalue weighted by Gasteiger charge is 2.14. The summed E-state index contributed by atoms with van der Waals surface area (Å²) < 4.78 is 15.8. The molecule has 0 atom stereocenters. The molecular formula is C17H25N3O4. The van der Waals surface area contributed by atoms with Crippen molar-refractivity contribution < 1.29 is 19.0 Å². The first kappa shape index (κ1) is 18.1. The van der Waals surface area contributed by atoms with Crippen LogP contribution in [0.15, 0.2) is 17.2 Å². The van der Waals surface area contributed by atoms with Gasteiger partial charge >= 0.3 is 0 Å². The van der Waals surface area contributed by atoms with Crippen molar-refractivity contribution in [2.75, 3.05) is 41.0 Å². The summed E-state index contributed by atoms with van der Waals surface area (Å²) >= 11 is 0. The van der Waals surface area contributed by atoms with Crippen LogP contribution >= 0.6 is 0 Å². The minimum Gasteiger partial charge on any atom is -0.493 e. The zero-order valence-electron chi connectivity index (χ0n) is 14.5. The second kappa shape index (κ2) is 9.12. The van der Waals surface area contributed by atoms with Crippen LogP contribution in [0.25, 0.3) is 0 Å². The Balaban J connectivity index is 1.96. The van der Waals surface area contributed by atoms with Crippen molar-refractivity contribution >= 4 is 12.1 Å². The van der Waals surface area contributed by atoms with E-state index in [0.29, 0.717) is 23.8 Å². The average Bonchev–Trinajstić information content (AvgIpc) is 2.61. The molecule has 132 valence electrons. The lowest BCUT2D eigenvalue weighted by molar-refractivity contribution is -0.122. The molecule has 1 fully saturated rings. The largest absolute Gasteiger partial charge is 0.493 e. The molecule has 1 aromatic rings. The number of nitrogens with one attached hydrogen (secondary N) is 1. The molecule has 24 heavy (non-hydrogen) atoms. The van der Waals surface area contributed by atoms with E-state index in [9.17, 15) is 4.79 Å². The van der Waals surface area contributed by atoms with Crippen LogP contribution in [0, 0.1) is 0 Å². The summed E-state index contributed by atoms with van der Waals surface area (Å²) in [5.41, 5.74) is 3.30. The smallest absolute Gasteiger partial charge is 0.254 e. The van der Waals surface area contributed by atoms with Gasteiger partial charge in [0.15, 0.2) is 11.5 Å². The predicted octanol–water partition coefficient (Wildman–Crippen LogP) is 1.65. The second-order valence-electron chi connectivity index (χ2n) is 5.59. The number of methoxy groups -OCH3 is 3. The lowest BCUT2D eigenvalue weighted by atomic mass is 10.1. The summed E-state index contributed by atoms with van der Waals surface area (Å²) in [7, 11) is 4.66. The Labute approximate surface area is 142 Å². The van der Waals surface area contributed by atoms with E-state index in [1.165, 1.54) is 6.42 Å². The molecule has 7 nitrogen and oxygen atoms in total. The van der Waals surface area contributed by atoms with E-state index in [0.717, 1.165) is 31.5 Å². The van der Waals surface area contributed by atoms with Crippen LogP contribution in [0.4, 0.5) is 0 Å². The lowest BCUT2D eigenvalue weighted by Crippen LogP contribution is -2.38. The fraction of sp³-hybridized carbons (Fsp3) is 0.529. The molecule has 0 saturated carbocycles.